The van der Waals surface area contributed by atoms with E-state index in [9.17, 15) is 5.11 Å². The normalized spacial score (nSPS) is 44.6. The Labute approximate surface area is 199 Å². The molecule has 0 aromatic rings. The van der Waals surface area contributed by atoms with E-state index in [4.69, 9.17) is 5.73 Å². The fourth-order valence-electron chi connectivity index (χ4n) is 9.71. The molecule has 4 aliphatic rings. The van der Waals surface area contributed by atoms with Crippen LogP contribution in [0, 0.1) is 39.4 Å². The van der Waals surface area contributed by atoms with Crippen molar-refractivity contribution in [2.45, 2.75) is 138 Å². The summed E-state index contributed by atoms with van der Waals surface area (Å²) in [5, 5.41) is 10.8. The minimum Gasteiger partial charge on any atom is -0.393 e. The maximum atomic E-state index is 10.8. The Hall–Kier alpha value is -0.340. The van der Waals surface area contributed by atoms with Crippen LogP contribution in [0.25, 0.3) is 0 Å². The van der Waals surface area contributed by atoms with E-state index >= 15 is 0 Å². The zero-order valence-corrected chi connectivity index (χ0v) is 22.6. The van der Waals surface area contributed by atoms with Crippen LogP contribution in [0.2, 0.25) is 0 Å². The average Bonchev–Trinajstić information content (AvgIpc) is 2.96. The van der Waals surface area contributed by atoms with Crippen LogP contribution in [0.15, 0.2) is 11.1 Å². The summed E-state index contributed by atoms with van der Waals surface area (Å²) in [7, 11) is 0. The Morgan fingerprint density at radius 3 is 2.31 bits per heavy atom. The molecule has 0 saturated heterocycles. The van der Waals surface area contributed by atoms with Crippen molar-refractivity contribution in [3.63, 3.8) is 0 Å². The standard InChI is InChI=1S/C30H53NO/c1-20(10-9-16-26(2,3)31)21-13-18-30(8)23-11-12-24-27(4,5)25(32)15-17-28(24,6)22(23)14-19-29(21,30)7/h20-21,24-25,32H,9-19,31H2,1-8H3/t20-,21+,24?,25+,28-,29-,30+/m1/s1. The molecule has 1 unspecified atom stereocenters. The largest absolute Gasteiger partial charge is 0.393 e. The number of allylic oxidation sites excluding steroid dienone is 2. The van der Waals surface area contributed by atoms with Crippen LogP contribution in [-0.4, -0.2) is 16.7 Å². The van der Waals surface area contributed by atoms with Crippen LogP contribution in [0.3, 0.4) is 0 Å². The molecule has 0 heterocycles. The predicted octanol–water partition coefficient (Wildman–Crippen LogP) is 7.64. The summed E-state index contributed by atoms with van der Waals surface area (Å²) < 4.78 is 0. The van der Waals surface area contributed by atoms with E-state index in [1.807, 2.05) is 11.1 Å². The van der Waals surface area contributed by atoms with Gasteiger partial charge in [-0.3, -0.25) is 0 Å². The monoisotopic (exact) mass is 443 g/mol. The van der Waals surface area contributed by atoms with E-state index in [1.165, 1.54) is 57.8 Å². The number of rotatable bonds is 5. The molecule has 0 amide bonds. The fourth-order valence-corrected chi connectivity index (χ4v) is 9.71. The lowest BCUT2D eigenvalue weighted by atomic mass is 9.43. The van der Waals surface area contributed by atoms with Crippen molar-refractivity contribution in [3.05, 3.63) is 11.1 Å². The molecule has 3 N–H and O–H groups in total. The van der Waals surface area contributed by atoms with Gasteiger partial charge in [-0.05, 0) is 111 Å². The summed E-state index contributed by atoms with van der Waals surface area (Å²) >= 11 is 0. The summed E-state index contributed by atoms with van der Waals surface area (Å²) in [6.07, 6.45) is 13.8. The average molecular weight is 444 g/mol. The Bertz CT molecular complexity index is 759. The van der Waals surface area contributed by atoms with Gasteiger partial charge in [0.2, 0.25) is 0 Å². The second-order valence-corrected chi connectivity index (χ2v) is 14.6. The van der Waals surface area contributed by atoms with E-state index < -0.39 is 0 Å². The maximum Gasteiger partial charge on any atom is 0.0594 e. The summed E-state index contributed by atoms with van der Waals surface area (Å²) in [5.74, 6) is 2.26. The number of hydrogen-bond donors (Lipinski definition) is 2. The molecule has 0 radical (unpaired) electrons. The molecule has 2 nitrogen and oxygen atoms in total. The summed E-state index contributed by atoms with van der Waals surface area (Å²) in [6.45, 7) is 19.5. The minimum absolute atomic E-state index is 0.0339. The first-order valence-electron chi connectivity index (χ1n) is 13.9. The van der Waals surface area contributed by atoms with Crippen molar-refractivity contribution in [1.82, 2.24) is 0 Å². The Kier molecular flexibility index (Phi) is 6.07. The zero-order valence-electron chi connectivity index (χ0n) is 22.6. The SMILES string of the molecule is C[C@H](CCCC(C)(C)N)[C@@H]1CC[C@@]2(C)C3=C(CC[C@]12C)[C@@]1(C)CC[C@H](O)C(C)(C)C1CC3. The number of fused-ring (bicyclic) bond motifs is 4. The summed E-state index contributed by atoms with van der Waals surface area (Å²) in [4.78, 5) is 0. The highest BCUT2D eigenvalue weighted by molar-refractivity contribution is 5.38. The van der Waals surface area contributed by atoms with E-state index in [2.05, 4.69) is 55.4 Å². The molecule has 7 atom stereocenters. The van der Waals surface area contributed by atoms with Gasteiger partial charge in [0.15, 0.2) is 0 Å². The van der Waals surface area contributed by atoms with E-state index in [0.717, 1.165) is 24.7 Å². The molecule has 184 valence electrons. The molecule has 2 fully saturated rings. The van der Waals surface area contributed by atoms with Crippen LogP contribution in [0.5, 0.6) is 0 Å². The highest BCUT2D eigenvalue weighted by Crippen LogP contribution is 2.72. The first-order chi connectivity index (χ1) is 14.7. The lowest BCUT2D eigenvalue weighted by Gasteiger charge is -2.62. The number of aliphatic hydroxyl groups is 1. The highest BCUT2D eigenvalue weighted by Gasteiger charge is 2.63. The molecule has 4 rings (SSSR count). The third-order valence-electron chi connectivity index (χ3n) is 12.0. The van der Waals surface area contributed by atoms with Crippen molar-refractivity contribution < 1.29 is 5.11 Å². The van der Waals surface area contributed by atoms with Gasteiger partial charge in [0.1, 0.15) is 0 Å². The van der Waals surface area contributed by atoms with Gasteiger partial charge in [-0.25, -0.2) is 0 Å². The fraction of sp³-hybridized carbons (Fsp3) is 0.933. The number of nitrogens with two attached hydrogens (primary N) is 1. The molecular formula is C30H53NO. The van der Waals surface area contributed by atoms with E-state index in [1.54, 1.807) is 0 Å². The molecule has 0 bridgehead atoms. The maximum absolute atomic E-state index is 10.8. The van der Waals surface area contributed by atoms with Gasteiger partial charge in [0.25, 0.3) is 0 Å². The molecule has 32 heavy (non-hydrogen) atoms. The van der Waals surface area contributed by atoms with Crippen LogP contribution in [-0.2, 0) is 0 Å². The smallest absolute Gasteiger partial charge is 0.0594 e. The van der Waals surface area contributed by atoms with Crippen molar-refractivity contribution in [3.8, 4) is 0 Å². The van der Waals surface area contributed by atoms with Crippen molar-refractivity contribution in [2.75, 3.05) is 0 Å². The van der Waals surface area contributed by atoms with Crippen molar-refractivity contribution in [1.29, 1.82) is 0 Å². The zero-order chi connectivity index (χ0) is 23.7. The predicted molar refractivity (Wildman–Crippen MR) is 136 cm³/mol. The summed E-state index contributed by atoms with van der Waals surface area (Å²) in [6, 6.07) is 0. The van der Waals surface area contributed by atoms with Crippen molar-refractivity contribution in [2.24, 2.45) is 45.1 Å². The first-order valence-corrected chi connectivity index (χ1v) is 13.9. The minimum atomic E-state index is -0.137. The van der Waals surface area contributed by atoms with Gasteiger partial charge < -0.3 is 10.8 Å². The van der Waals surface area contributed by atoms with Crippen LogP contribution < -0.4 is 5.73 Å². The molecule has 2 heteroatoms. The second kappa shape index (κ2) is 7.84. The molecular weight excluding hydrogens is 390 g/mol. The van der Waals surface area contributed by atoms with Gasteiger partial charge >= 0.3 is 0 Å². The Morgan fingerprint density at radius 2 is 1.66 bits per heavy atom. The van der Waals surface area contributed by atoms with Gasteiger partial charge in [-0.2, -0.15) is 0 Å². The molecule has 0 aliphatic heterocycles. The lowest BCUT2D eigenvalue weighted by molar-refractivity contribution is -0.0962. The second-order valence-electron chi connectivity index (χ2n) is 14.6. The van der Waals surface area contributed by atoms with E-state index in [-0.39, 0.29) is 17.1 Å². The first kappa shape index (κ1) is 24.8. The Balaban J connectivity index is 1.60. The van der Waals surface area contributed by atoms with Gasteiger partial charge in [0, 0.05) is 5.54 Å². The number of hydrogen-bond acceptors (Lipinski definition) is 2. The third kappa shape index (κ3) is 3.57. The molecule has 0 aromatic heterocycles. The topological polar surface area (TPSA) is 46.2 Å². The molecule has 0 aromatic carbocycles. The van der Waals surface area contributed by atoms with Crippen LogP contribution >= 0.6 is 0 Å². The third-order valence-corrected chi connectivity index (χ3v) is 12.0. The van der Waals surface area contributed by atoms with Crippen LogP contribution in [0.1, 0.15) is 126 Å². The Morgan fingerprint density at radius 1 is 0.969 bits per heavy atom. The molecule has 0 spiro atoms. The molecule has 2 saturated carbocycles. The summed E-state index contributed by atoms with van der Waals surface area (Å²) in [5.41, 5.74) is 11.1. The molecule has 4 aliphatic carbocycles. The van der Waals surface area contributed by atoms with Crippen molar-refractivity contribution >= 4 is 0 Å². The lowest BCUT2D eigenvalue weighted by Crippen LogP contribution is -2.55. The van der Waals surface area contributed by atoms with Crippen LogP contribution in [0.4, 0.5) is 0 Å². The van der Waals surface area contributed by atoms with Gasteiger partial charge in [-0.15, -0.1) is 0 Å². The van der Waals surface area contributed by atoms with Gasteiger partial charge in [-0.1, -0.05) is 65.5 Å². The van der Waals surface area contributed by atoms with E-state index in [0.29, 0.717) is 22.2 Å². The quantitative estimate of drug-likeness (QED) is 0.429. The highest BCUT2D eigenvalue weighted by atomic mass is 16.3. The number of aliphatic hydroxyl groups excluding tert-OH is 1. The van der Waals surface area contributed by atoms with Gasteiger partial charge in [0.05, 0.1) is 6.10 Å².